The second-order valence-electron chi connectivity index (χ2n) is 4.29. The molecule has 0 aromatic carbocycles. The molecule has 1 rings (SSSR count). The van der Waals surface area contributed by atoms with Crippen LogP contribution in [-0.4, -0.2) is 6.54 Å². The Morgan fingerprint density at radius 3 is 2.67 bits per heavy atom. The molecule has 1 atom stereocenters. The molecule has 0 amide bonds. The van der Waals surface area contributed by atoms with Crippen LogP contribution < -0.4 is 5.32 Å². The van der Waals surface area contributed by atoms with Crippen molar-refractivity contribution in [2.45, 2.75) is 39.7 Å². The van der Waals surface area contributed by atoms with Crippen LogP contribution in [-0.2, 0) is 0 Å². The average Bonchev–Trinajstić information content (AvgIpc) is 2.58. The predicted molar refractivity (Wildman–Crippen MR) is 64.2 cm³/mol. The molecule has 0 radical (unpaired) electrons. The summed E-state index contributed by atoms with van der Waals surface area (Å²) in [6.07, 6.45) is 3.86. The summed E-state index contributed by atoms with van der Waals surface area (Å²) < 4.78 is 5.13. The molecule has 3 heteroatoms. The Labute approximate surface area is 97.0 Å². The van der Waals surface area contributed by atoms with Crippen molar-refractivity contribution in [1.82, 2.24) is 5.32 Å². The molecule has 0 bridgehead atoms. The second-order valence-corrected chi connectivity index (χ2v) is 4.63. The Kier molecular flexibility index (Phi) is 5.20. The molecule has 0 fully saturated rings. The second kappa shape index (κ2) is 6.19. The van der Waals surface area contributed by atoms with Gasteiger partial charge in [0.25, 0.3) is 0 Å². The van der Waals surface area contributed by atoms with Crippen molar-refractivity contribution in [1.29, 1.82) is 0 Å². The van der Waals surface area contributed by atoms with Gasteiger partial charge < -0.3 is 9.73 Å². The third kappa shape index (κ3) is 3.88. The predicted octanol–water partition coefficient (Wildman–Crippen LogP) is 4.02. The first kappa shape index (κ1) is 12.6. The molecular weight excluding hydrogens is 210 g/mol. The van der Waals surface area contributed by atoms with Crippen LogP contribution in [0.15, 0.2) is 16.7 Å². The number of rotatable bonds is 6. The van der Waals surface area contributed by atoms with E-state index in [0.717, 1.165) is 24.9 Å². The number of halogens is 1. The fraction of sp³-hybridized carbons (Fsp3) is 0.667. The normalized spacial score (nSPS) is 13.4. The largest absolute Gasteiger partial charge is 0.453 e. The van der Waals surface area contributed by atoms with Crippen molar-refractivity contribution in [3.05, 3.63) is 23.1 Å². The molecule has 1 aromatic rings. The Bertz CT molecular complexity index is 283. The fourth-order valence-electron chi connectivity index (χ4n) is 1.66. The summed E-state index contributed by atoms with van der Waals surface area (Å²) in [5.41, 5.74) is 1.08. The lowest BCUT2D eigenvalue weighted by atomic mass is 9.99. The molecule has 15 heavy (non-hydrogen) atoms. The van der Waals surface area contributed by atoms with Crippen molar-refractivity contribution in [3.63, 3.8) is 0 Å². The van der Waals surface area contributed by atoms with Crippen LogP contribution in [0.25, 0.3) is 0 Å². The van der Waals surface area contributed by atoms with Crippen molar-refractivity contribution >= 4 is 11.6 Å². The lowest BCUT2D eigenvalue weighted by Crippen LogP contribution is -2.23. The monoisotopic (exact) mass is 229 g/mol. The van der Waals surface area contributed by atoms with Crippen molar-refractivity contribution < 1.29 is 4.42 Å². The fourth-order valence-corrected chi connectivity index (χ4v) is 1.91. The molecule has 0 saturated heterocycles. The van der Waals surface area contributed by atoms with E-state index in [2.05, 4.69) is 26.1 Å². The Morgan fingerprint density at radius 2 is 2.20 bits per heavy atom. The van der Waals surface area contributed by atoms with Gasteiger partial charge >= 0.3 is 0 Å². The van der Waals surface area contributed by atoms with Gasteiger partial charge in [0.15, 0.2) is 5.22 Å². The van der Waals surface area contributed by atoms with Gasteiger partial charge in [-0.05, 0) is 43.0 Å². The van der Waals surface area contributed by atoms with E-state index >= 15 is 0 Å². The van der Waals surface area contributed by atoms with Gasteiger partial charge in [0.2, 0.25) is 0 Å². The quantitative estimate of drug-likeness (QED) is 0.797. The Balaban J connectivity index is 2.67. The third-order valence-electron chi connectivity index (χ3n) is 2.37. The number of furan rings is 1. The van der Waals surface area contributed by atoms with Gasteiger partial charge in [-0.15, -0.1) is 0 Å². The highest BCUT2D eigenvalue weighted by Crippen LogP contribution is 2.28. The van der Waals surface area contributed by atoms with E-state index < -0.39 is 0 Å². The zero-order valence-electron chi connectivity index (χ0n) is 9.72. The van der Waals surface area contributed by atoms with Crippen molar-refractivity contribution in [3.8, 4) is 0 Å². The lowest BCUT2D eigenvalue weighted by Gasteiger charge is -2.19. The maximum atomic E-state index is 5.99. The standard InChI is InChI=1S/C12H20ClNO/c1-4-6-14-11(8-9(2)3)10-5-7-15-12(10)13/h5,7,9,11,14H,4,6,8H2,1-3H3. The minimum Gasteiger partial charge on any atom is -0.453 e. The van der Waals surface area contributed by atoms with Crippen LogP contribution in [0.2, 0.25) is 5.22 Å². The summed E-state index contributed by atoms with van der Waals surface area (Å²) in [6, 6.07) is 2.27. The van der Waals surface area contributed by atoms with Gasteiger partial charge in [-0.2, -0.15) is 0 Å². The third-order valence-corrected chi connectivity index (χ3v) is 2.68. The highest BCUT2D eigenvalue weighted by molar-refractivity contribution is 6.29. The first-order valence-corrected chi connectivity index (χ1v) is 5.99. The van der Waals surface area contributed by atoms with Gasteiger partial charge in [0, 0.05) is 11.6 Å². The van der Waals surface area contributed by atoms with Gasteiger partial charge in [0.05, 0.1) is 6.26 Å². The molecule has 2 nitrogen and oxygen atoms in total. The first-order valence-electron chi connectivity index (χ1n) is 5.61. The summed E-state index contributed by atoms with van der Waals surface area (Å²) in [4.78, 5) is 0. The molecule has 0 aliphatic heterocycles. The van der Waals surface area contributed by atoms with Crippen molar-refractivity contribution in [2.24, 2.45) is 5.92 Å². The smallest absolute Gasteiger partial charge is 0.197 e. The molecule has 1 aromatic heterocycles. The maximum absolute atomic E-state index is 5.99. The average molecular weight is 230 g/mol. The molecular formula is C12H20ClNO. The molecule has 1 heterocycles. The molecule has 86 valence electrons. The summed E-state index contributed by atoms with van der Waals surface area (Å²) in [5.74, 6) is 0.644. The van der Waals surface area contributed by atoms with E-state index in [-0.39, 0.29) is 0 Å². The van der Waals surface area contributed by atoms with E-state index in [1.54, 1.807) is 6.26 Å². The van der Waals surface area contributed by atoms with E-state index in [9.17, 15) is 0 Å². The first-order chi connectivity index (χ1) is 7.15. The topological polar surface area (TPSA) is 25.2 Å². The van der Waals surface area contributed by atoms with Crippen LogP contribution in [0.1, 0.15) is 45.2 Å². The van der Waals surface area contributed by atoms with Crippen LogP contribution in [0.3, 0.4) is 0 Å². The van der Waals surface area contributed by atoms with Crippen LogP contribution in [0.5, 0.6) is 0 Å². The number of nitrogens with one attached hydrogen (secondary N) is 1. The van der Waals surface area contributed by atoms with Gasteiger partial charge in [0.1, 0.15) is 0 Å². The minimum absolute atomic E-state index is 0.316. The summed E-state index contributed by atoms with van der Waals surface area (Å²) >= 11 is 5.99. The molecule has 0 aliphatic rings. The summed E-state index contributed by atoms with van der Waals surface area (Å²) in [6.45, 7) is 7.61. The Morgan fingerprint density at radius 1 is 1.47 bits per heavy atom. The van der Waals surface area contributed by atoms with E-state index in [4.69, 9.17) is 16.0 Å². The van der Waals surface area contributed by atoms with Crippen molar-refractivity contribution in [2.75, 3.05) is 6.54 Å². The van der Waals surface area contributed by atoms with Gasteiger partial charge in [-0.3, -0.25) is 0 Å². The van der Waals surface area contributed by atoms with Crippen LogP contribution in [0.4, 0.5) is 0 Å². The van der Waals surface area contributed by atoms with Gasteiger partial charge in [-0.25, -0.2) is 0 Å². The molecule has 1 unspecified atom stereocenters. The van der Waals surface area contributed by atoms with Crippen LogP contribution >= 0.6 is 11.6 Å². The van der Waals surface area contributed by atoms with E-state index in [0.29, 0.717) is 17.2 Å². The van der Waals surface area contributed by atoms with Gasteiger partial charge in [-0.1, -0.05) is 20.8 Å². The maximum Gasteiger partial charge on any atom is 0.197 e. The molecule has 0 saturated carbocycles. The molecule has 1 N–H and O–H groups in total. The van der Waals surface area contributed by atoms with Crippen LogP contribution in [0, 0.1) is 5.92 Å². The minimum atomic E-state index is 0.316. The zero-order valence-corrected chi connectivity index (χ0v) is 10.5. The summed E-state index contributed by atoms with van der Waals surface area (Å²) in [5, 5.41) is 4.02. The number of hydrogen-bond donors (Lipinski definition) is 1. The summed E-state index contributed by atoms with van der Waals surface area (Å²) in [7, 11) is 0. The highest BCUT2D eigenvalue weighted by atomic mass is 35.5. The van der Waals surface area contributed by atoms with E-state index in [1.165, 1.54) is 0 Å². The zero-order chi connectivity index (χ0) is 11.3. The molecule has 0 spiro atoms. The molecule has 0 aliphatic carbocycles. The highest BCUT2D eigenvalue weighted by Gasteiger charge is 2.17. The number of hydrogen-bond acceptors (Lipinski definition) is 2. The SMILES string of the molecule is CCCNC(CC(C)C)c1ccoc1Cl. The Hall–Kier alpha value is -0.470. The van der Waals surface area contributed by atoms with E-state index in [1.807, 2.05) is 6.07 Å². The lowest BCUT2D eigenvalue weighted by molar-refractivity contribution is 0.426.